The maximum atomic E-state index is 12.9. The Morgan fingerprint density at radius 1 is 1.04 bits per heavy atom. The van der Waals surface area contributed by atoms with Crippen molar-refractivity contribution >= 4 is 11.8 Å². The lowest BCUT2D eigenvalue weighted by Crippen LogP contribution is -2.43. The average molecular weight is 354 g/mol. The highest BCUT2D eigenvalue weighted by molar-refractivity contribution is 5.88. The van der Waals surface area contributed by atoms with Gasteiger partial charge in [0.05, 0.1) is 0 Å². The summed E-state index contributed by atoms with van der Waals surface area (Å²) >= 11 is 0. The molecule has 0 bridgehead atoms. The van der Waals surface area contributed by atoms with Crippen LogP contribution < -0.4 is 5.32 Å². The number of carbonyl (C=O) groups is 2. The zero-order valence-corrected chi connectivity index (χ0v) is 15.1. The van der Waals surface area contributed by atoms with Gasteiger partial charge in [0, 0.05) is 26.1 Å². The van der Waals surface area contributed by atoms with E-state index in [0.717, 1.165) is 11.1 Å². The predicted molar refractivity (Wildman–Crippen MR) is 101 cm³/mol. The van der Waals surface area contributed by atoms with Gasteiger partial charge >= 0.3 is 0 Å². The first-order valence-corrected chi connectivity index (χ1v) is 8.94. The highest BCUT2D eigenvalue weighted by Crippen LogP contribution is 2.24. The molecular weight excluding hydrogens is 328 g/mol. The summed E-state index contributed by atoms with van der Waals surface area (Å²) < 4.78 is 0. The van der Waals surface area contributed by atoms with Gasteiger partial charge in [0.1, 0.15) is 6.04 Å². The molecule has 0 aromatic heterocycles. The first-order valence-electron chi connectivity index (χ1n) is 8.94. The maximum absolute atomic E-state index is 12.9. The Morgan fingerprint density at radius 3 is 2.23 bits per heavy atom. The smallest absolute Gasteiger partial charge is 0.247 e. The molecule has 0 saturated carbocycles. The summed E-state index contributed by atoms with van der Waals surface area (Å²) in [6, 6.07) is 18.3. The fourth-order valence-electron chi connectivity index (χ4n) is 2.80. The van der Waals surface area contributed by atoms with Crippen molar-refractivity contribution in [2.24, 2.45) is 0 Å². The molecule has 0 fully saturated rings. The molecular formula is C21H26N2O3. The molecule has 0 heterocycles. The van der Waals surface area contributed by atoms with Crippen LogP contribution in [0.15, 0.2) is 60.7 Å². The lowest BCUT2D eigenvalue weighted by Gasteiger charge is -2.31. The van der Waals surface area contributed by atoms with Gasteiger partial charge in [-0.1, -0.05) is 67.6 Å². The summed E-state index contributed by atoms with van der Waals surface area (Å²) in [7, 11) is 0. The summed E-state index contributed by atoms with van der Waals surface area (Å²) in [6.07, 6.45) is 0.799. The molecule has 0 aliphatic heterocycles. The van der Waals surface area contributed by atoms with Gasteiger partial charge in [-0.3, -0.25) is 9.59 Å². The maximum Gasteiger partial charge on any atom is 0.247 e. The normalized spacial score (nSPS) is 11.6. The van der Waals surface area contributed by atoms with Gasteiger partial charge in [-0.05, 0) is 17.5 Å². The van der Waals surface area contributed by atoms with E-state index in [2.05, 4.69) is 5.32 Å². The molecule has 0 aliphatic carbocycles. The molecule has 2 N–H and O–H groups in total. The average Bonchev–Trinajstić information content (AvgIpc) is 2.68. The second kappa shape index (κ2) is 10.4. The minimum absolute atomic E-state index is 0.0118. The Labute approximate surface area is 154 Å². The van der Waals surface area contributed by atoms with E-state index >= 15 is 0 Å². The number of benzene rings is 2. The number of nitrogens with one attached hydrogen (secondary N) is 1. The van der Waals surface area contributed by atoms with E-state index in [0.29, 0.717) is 25.9 Å². The highest BCUT2D eigenvalue weighted by atomic mass is 16.3. The van der Waals surface area contributed by atoms with Crippen LogP contribution in [-0.2, 0) is 16.1 Å². The van der Waals surface area contributed by atoms with Crippen LogP contribution in [0.5, 0.6) is 0 Å². The summed E-state index contributed by atoms with van der Waals surface area (Å²) in [5.74, 6) is -0.317. The number of nitrogens with zero attached hydrogens (tertiary/aromatic N) is 1. The lowest BCUT2D eigenvalue weighted by atomic mass is 10.0. The third-order valence-electron chi connectivity index (χ3n) is 4.13. The quantitative estimate of drug-likeness (QED) is 0.680. The van der Waals surface area contributed by atoms with E-state index in [-0.39, 0.29) is 18.4 Å². The molecule has 2 aromatic carbocycles. The number of rotatable bonds is 9. The van der Waals surface area contributed by atoms with Gasteiger partial charge in [0.2, 0.25) is 11.8 Å². The van der Waals surface area contributed by atoms with Crippen molar-refractivity contribution in [1.29, 1.82) is 0 Å². The molecule has 0 saturated heterocycles. The monoisotopic (exact) mass is 354 g/mol. The molecule has 2 amide bonds. The number of hydrogen-bond donors (Lipinski definition) is 2. The van der Waals surface area contributed by atoms with E-state index in [1.165, 1.54) is 0 Å². The number of aliphatic hydroxyl groups is 1. The first-order chi connectivity index (χ1) is 12.7. The van der Waals surface area contributed by atoms with Crippen molar-refractivity contribution in [3.05, 3.63) is 71.8 Å². The van der Waals surface area contributed by atoms with Gasteiger partial charge < -0.3 is 15.3 Å². The molecule has 1 atom stereocenters. The molecule has 0 radical (unpaired) electrons. The molecule has 0 spiro atoms. The Kier molecular flexibility index (Phi) is 7.83. The molecule has 5 nitrogen and oxygen atoms in total. The Balaban J connectivity index is 2.34. The number of amides is 2. The molecule has 2 aromatic rings. The summed E-state index contributed by atoms with van der Waals surface area (Å²) in [5, 5.41) is 11.8. The molecule has 0 aliphatic rings. The molecule has 2 rings (SSSR count). The lowest BCUT2D eigenvalue weighted by molar-refractivity contribution is -0.141. The van der Waals surface area contributed by atoms with Crippen LogP contribution in [0, 0.1) is 0 Å². The van der Waals surface area contributed by atoms with E-state index < -0.39 is 6.04 Å². The largest absolute Gasteiger partial charge is 0.396 e. The summed E-state index contributed by atoms with van der Waals surface area (Å²) in [6.45, 7) is 2.54. The van der Waals surface area contributed by atoms with Gasteiger partial charge in [0.25, 0.3) is 0 Å². The topological polar surface area (TPSA) is 69.6 Å². The van der Waals surface area contributed by atoms with Crippen molar-refractivity contribution in [1.82, 2.24) is 10.2 Å². The third kappa shape index (κ3) is 5.43. The van der Waals surface area contributed by atoms with Crippen molar-refractivity contribution in [2.75, 3.05) is 13.2 Å². The van der Waals surface area contributed by atoms with Crippen LogP contribution in [0.2, 0.25) is 0 Å². The van der Waals surface area contributed by atoms with Crippen LogP contribution in [0.4, 0.5) is 0 Å². The second-order valence-corrected chi connectivity index (χ2v) is 6.04. The fraction of sp³-hybridized carbons (Fsp3) is 0.333. The highest BCUT2D eigenvalue weighted by Gasteiger charge is 2.30. The predicted octanol–water partition coefficient (Wildman–Crippen LogP) is 2.67. The zero-order valence-electron chi connectivity index (χ0n) is 15.1. The van der Waals surface area contributed by atoms with Gasteiger partial charge in [-0.15, -0.1) is 0 Å². The SMILES string of the molecule is CCC(=O)N(Cc1ccccc1)[C@@H](C(=O)NCCCO)c1ccccc1. The fourth-order valence-corrected chi connectivity index (χ4v) is 2.80. The zero-order chi connectivity index (χ0) is 18.8. The molecule has 26 heavy (non-hydrogen) atoms. The Morgan fingerprint density at radius 2 is 1.65 bits per heavy atom. The van der Waals surface area contributed by atoms with Crippen LogP contribution >= 0.6 is 0 Å². The standard InChI is InChI=1S/C21H26N2O3/c1-2-19(25)23(16-17-10-5-3-6-11-17)20(18-12-7-4-8-13-18)21(26)22-14-9-15-24/h3-8,10-13,20,24H,2,9,14-16H2,1H3,(H,22,26)/t20-/m1/s1. The Bertz CT molecular complexity index is 689. The number of carbonyl (C=O) groups excluding carboxylic acids is 2. The van der Waals surface area contributed by atoms with Crippen molar-refractivity contribution < 1.29 is 14.7 Å². The number of aliphatic hydroxyl groups excluding tert-OH is 1. The van der Waals surface area contributed by atoms with Crippen molar-refractivity contribution in [3.63, 3.8) is 0 Å². The van der Waals surface area contributed by atoms with Crippen molar-refractivity contribution in [3.8, 4) is 0 Å². The van der Waals surface area contributed by atoms with Crippen molar-refractivity contribution in [2.45, 2.75) is 32.4 Å². The third-order valence-corrected chi connectivity index (χ3v) is 4.13. The molecule has 138 valence electrons. The van der Waals surface area contributed by atoms with E-state index in [9.17, 15) is 9.59 Å². The van der Waals surface area contributed by atoms with E-state index in [1.54, 1.807) is 11.8 Å². The first kappa shape index (κ1) is 19.7. The number of hydrogen-bond acceptors (Lipinski definition) is 3. The second-order valence-electron chi connectivity index (χ2n) is 6.04. The van der Waals surface area contributed by atoms with Gasteiger partial charge in [-0.25, -0.2) is 0 Å². The Hall–Kier alpha value is -2.66. The van der Waals surface area contributed by atoms with Crippen LogP contribution in [0.3, 0.4) is 0 Å². The van der Waals surface area contributed by atoms with E-state index in [1.807, 2.05) is 60.7 Å². The minimum atomic E-state index is -0.706. The summed E-state index contributed by atoms with van der Waals surface area (Å²) in [4.78, 5) is 27.2. The molecule has 0 unspecified atom stereocenters. The van der Waals surface area contributed by atoms with Gasteiger partial charge in [0.15, 0.2) is 0 Å². The van der Waals surface area contributed by atoms with Gasteiger partial charge in [-0.2, -0.15) is 0 Å². The molecule has 5 heteroatoms. The van der Waals surface area contributed by atoms with E-state index in [4.69, 9.17) is 5.11 Å². The minimum Gasteiger partial charge on any atom is -0.396 e. The van der Waals surface area contributed by atoms with Crippen LogP contribution in [0.25, 0.3) is 0 Å². The summed E-state index contributed by atoms with van der Waals surface area (Å²) in [5.41, 5.74) is 1.74. The van der Waals surface area contributed by atoms with Crippen LogP contribution in [-0.4, -0.2) is 35.0 Å². The van der Waals surface area contributed by atoms with Crippen LogP contribution in [0.1, 0.15) is 36.9 Å².